The maximum absolute atomic E-state index is 6.31. The summed E-state index contributed by atoms with van der Waals surface area (Å²) in [5.41, 5.74) is 11.7. The molecular formula is C19H18NS2. The van der Waals surface area contributed by atoms with Crippen molar-refractivity contribution in [2.24, 2.45) is 5.92 Å². The summed E-state index contributed by atoms with van der Waals surface area (Å²) in [6.45, 7) is 0. The molecule has 2 aromatic heterocycles. The molecule has 0 saturated heterocycles. The van der Waals surface area contributed by atoms with Crippen molar-refractivity contribution >= 4 is 27.7 Å². The van der Waals surface area contributed by atoms with E-state index in [1.807, 2.05) is 0 Å². The van der Waals surface area contributed by atoms with Crippen LogP contribution in [0.4, 0.5) is 5.00 Å². The van der Waals surface area contributed by atoms with Gasteiger partial charge in [-0.15, -0.1) is 22.7 Å². The van der Waals surface area contributed by atoms with E-state index in [0.29, 0.717) is 0 Å². The molecule has 1 atom stereocenters. The molecule has 0 spiro atoms. The molecule has 22 heavy (non-hydrogen) atoms. The minimum absolute atomic E-state index is 0.743. The van der Waals surface area contributed by atoms with Gasteiger partial charge in [-0.2, -0.15) is 0 Å². The summed E-state index contributed by atoms with van der Waals surface area (Å²) in [6.07, 6.45) is 4.76. The second-order valence-electron chi connectivity index (χ2n) is 5.98. The quantitative estimate of drug-likeness (QED) is 0.703. The normalized spacial score (nSPS) is 17.4. The third-order valence-electron chi connectivity index (χ3n) is 4.50. The smallest absolute Gasteiger partial charge is 0.0942 e. The average molecular weight is 324 g/mol. The van der Waals surface area contributed by atoms with Crippen LogP contribution in [-0.4, -0.2) is 0 Å². The van der Waals surface area contributed by atoms with Crippen LogP contribution in [0.15, 0.2) is 41.8 Å². The Morgan fingerprint density at radius 2 is 2.05 bits per heavy atom. The monoisotopic (exact) mass is 324 g/mol. The number of rotatable bonds is 3. The van der Waals surface area contributed by atoms with Gasteiger partial charge in [0.05, 0.1) is 10.4 Å². The van der Waals surface area contributed by atoms with Gasteiger partial charge < -0.3 is 5.73 Å². The van der Waals surface area contributed by atoms with Crippen molar-refractivity contribution in [3.63, 3.8) is 0 Å². The highest BCUT2D eigenvalue weighted by Crippen LogP contribution is 2.44. The minimum Gasteiger partial charge on any atom is -0.390 e. The molecule has 0 saturated carbocycles. The van der Waals surface area contributed by atoms with E-state index in [0.717, 1.165) is 17.3 Å². The van der Waals surface area contributed by atoms with Crippen LogP contribution in [-0.2, 0) is 19.3 Å². The fraction of sp³-hybridized carbons (Fsp3) is 0.263. The van der Waals surface area contributed by atoms with Gasteiger partial charge in [0.1, 0.15) is 0 Å². The lowest BCUT2D eigenvalue weighted by Gasteiger charge is -2.22. The van der Waals surface area contributed by atoms with Gasteiger partial charge in [0.15, 0.2) is 0 Å². The predicted octanol–water partition coefficient (Wildman–Crippen LogP) is 5.21. The molecule has 1 nitrogen and oxygen atoms in total. The largest absolute Gasteiger partial charge is 0.390 e. The van der Waals surface area contributed by atoms with E-state index in [1.165, 1.54) is 46.4 Å². The highest BCUT2D eigenvalue weighted by molar-refractivity contribution is 7.16. The van der Waals surface area contributed by atoms with E-state index in [9.17, 15) is 0 Å². The zero-order valence-corrected chi connectivity index (χ0v) is 14.0. The van der Waals surface area contributed by atoms with Gasteiger partial charge in [-0.25, -0.2) is 0 Å². The molecule has 0 amide bonds. The summed E-state index contributed by atoms with van der Waals surface area (Å²) >= 11 is 3.42. The molecule has 3 heteroatoms. The number of benzene rings is 1. The second-order valence-corrected chi connectivity index (χ2v) is 7.83. The Morgan fingerprint density at radius 3 is 2.82 bits per heavy atom. The predicted molar refractivity (Wildman–Crippen MR) is 96.5 cm³/mol. The van der Waals surface area contributed by atoms with Gasteiger partial charge in [0.25, 0.3) is 0 Å². The van der Waals surface area contributed by atoms with E-state index in [2.05, 4.69) is 47.2 Å². The number of thiophene rings is 2. The van der Waals surface area contributed by atoms with Crippen molar-refractivity contribution in [3.8, 4) is 11.1 Å². The van der Waals surface area contributed by atoms with E-state index >= 15 is 0 Å². The Labute approximate surface area is 139 Å². The molecule has 4 rings (SSSR count). The Hall–Kier alpha value is -1.58. The van der Waals surface area contributed by atoms with Crippen molar-refractivity contribution in [2.45, 2.75) is 25.7 Å². The molecule has 3 aromatic rings. The van der Waals surface area contributed by atoms with Crippen molar-refractivity contribution in [3.05, 3.63) is 63.2 Å². The summed E-state index contributed by atoms with van der Waals surface area (Å²) in [7, 11) is 0. The highest BCUT2D eigenvalue weighted by atomic mass is 32.1. The van der Waals surface area contributed by atoms with E-state index in [1.54, 1.807) is 22.7 Å². The summed E-state index contributed by atoms with van der Waals surface area (Å²) in [4.78, 5) is 1.50. The van der Waals surface area contributed by atoms with Gasteiger partial charge in [0, 0.05) is 16.0 Å². The van der Waals surface area contributed by atoms with Crippen LogP contribution in [0.5, 0.6) is 0 Å². The molecule has 1 radical (unpaired) electrons. The van der Waals surface area contributed by atoms with E-state index in [4.69, 9.17) is 5.73 Å². The molecule has 0 bridgehead atoms. The third-order valence-corrected chi connectivity index (χ3v) is 6.20. The number of nitrogen functional groups attached to an aromatic ring is 1. The Kier molecular flexibility index (Phi) is 3.77. The molecule has 1 unspecified atom stereocenters. The Balaban J connectivity index is 1.59. The minimum atomic E-state index is 0.743. The lowest BCUT2D eigenvalue weighted by molar-refractivity contribution is 0.462. The fourth-order valence-corrected chi connectivity index (χ4v) is 5.28. The summed E-state index contributed by atoms with van der Waals surface area (Å²) < 4.78 is 0. The first-order valence-corrected chi connectivity index (χ1v) is 9.40. The number of anilines is 1. The molecule has 111 valence electrons. The number of nitrogens with two attached hydrogens (primary N) is 1. The van der Waals surface area contributed by atoms with Gasteiger partial charge >= 0.3 is 0 Å². The molecule has 1 aliphatic rings. The first kappa shape index (κ1) is 14.0. The molecule has 2 N–H and O–H groups in total. The number of hydrogen-bond donors (Lipinski definition) is 1. The van der Waals surface area contributed by atoms with Crippen LogP contribution >= 0.6 is 22.7 Å². The topological polar surface area (TPSA) is 26.0 Å². The summed E-state index contributed by atoms with van der Waals surface area (Å²) in [5, 5.41) is 6.41. The van der Waals surface area contributed by atoms with Crippen molar-refractivity contribution in [1.82, 2.24) is 0 Å². The Bertz CT molecular complexity index is 756. The van der Waals surface area contributed by atoms with Crippen LogP contribution in [0, 0.1) is 11.3 Å². The zero-order chi connectivity index (χ0) is 14.9. The molecule has 2 heterocycles. The first-order chi connectivity index (χ1) is 10.8. The first-order valence-electron chi connectivity index (χ1n) is 7.70. The maximum atomic E-state index is 6.31. The molecule has 1 aliphatic carbocycles. The lowest BCUT2D eigenvalue weighted by atomic mass is 9.83. The van der Waals surface area contributed by atoms with Crippen molar-refractivity contribution in [2.75, 3.05) is 5.73 Å². The SMILES string of the molecule is Nc1sc2c(c1-c1[c]scc1)CCC(Cc1ccccc1)C2. The number of fused-ring (bicyclic) bond motifs is 1. The summed E-state index contributed by atoms with van der Waals surface area (Å²) in [5.74, 6) is 0.743. The molecular weight excluding hydrogens is 306 g/mol. The molecule has 1 aromatic carbocycles. The fourth-order valence-electron chi connectivity index (χ4n) is 3.46. The van der Waals surface area contributed by atoms with Crippen LogP contribution in [0.2, 0.25) is 0 Å². The third kappa shape index (κ3) is 2.59. The lowest BCUT2D eigenvalue weighted by Crippen LogP contribution is -2.15. The van der Waals surface area contributed by atoms with Crippen LogP contribution in [0.3, 0.4) is 0 Å². The van der Waals surface area contributed by atoms with Gasteiger partial charge in [-0.1, -0.05) is 30.3 Å². The standard InChI is InChI=1S/C19H18NS2/c20-19-18(15-8-9-21-12-15)16-7-6-14(11-17(16)22-19)10-13-4-2-1-3-5-13/h1-5,8-9,14H,6-7,10-11,20H2. The van der Waals surface area contributed by atoms with Gasteiger partial charge in [-0.05, 0) is 54.2 Å². The number of hydrogen-bond acceptors (Lipinski definition) is 3. The highest BCUT2D eigenvalue weighted by Gasteiger charge is 2.25. The van der Waals surface area contributed by atoms with Crippen molar-refractivity contribution in [1.29, 1.82) is 0 Å². The van der Waals surface area contributed by atoms with E-state index in [-0.39, 0.29) is 0 Å². The maximum Gasteiger partial charge on any atom is 0.0942 e. The molecule has 0 fully saturated rings. The Morgan fingerprint density at radius 1 is 1.18 bits per heavy atom. The second kappa shape index (κ2) is 5.90. The van der Waals surface area contributed by atoms with Crippen LogP contribution in [0.1, 0.15) is 22.4 Å². The zero-order valence-electron chi connectivity index (χ0n) is 12.3. The molecule has 0 aliphatic heterocycles. The summed E-state index contributed by atoms with van der Waals surface area (Å²) in [6, 6.07) is 13.0. The van der Waals surface area contributed by atoms with Crippen molar-refractivity contribution < 1.29 is 0 Å². The van der Waals surface area contributed by atoms with Crippen LogP contribution < -0.4 is 5.73 Å². The van der Waals surface area contributed by atoms with E-state index < -0.39 is 0 Å². The van der Waals surface area contributed by atoms with Gasteiger partial charge in [-0.3, -0.25) is 0 Å². The average Bonchev–Trinajstić information content (AvgIpc) is 3.14. The van der Waals surface area contributed by atoms with Gasteiger partial charge in [0.2, 0.25) is 0 Å². The van der Waals surface area contributed by atoms with Crippen LogP contribution in [0.25, 0.3) is 11.1 Å².